The van der Waals surface area contributed by atoms with Gasteiger partial charge in [-0.1, -0.05) is 35.9 Å². The van der Waals surface area contributed by atoms with Gasteiger partial charge in [-0.05, 0) is 54.7 Å². The number of urea groups is 1. The molecule has 0 unspecified atom stereocenters. The first-order valence-corrected chi connectivity index (χ1v) is 11.8. The van der Waals surface area contributed by atoms with Crippen molar-refractivity contribution in [1.82, 2.24) is 20.0 Å². The third kappa shape index (κ3) is 6.02. The lowest BCUT2D eigenvalue weighted by atomic mass is 10.1. The topological polar surface area (TPSA) is 55.9 Å². The standard InChI is InChI=1S/C25H31ClN4O2/c26-23-9-7-20(8-10-23)19-28-11-4-14-30(16-15-28)25(32)27-18-21-5-3-6-22(17-21)24(31)29-12-1-2-13-29/h3,5-10,17H,1-2,4,11-16,18-19H2,(H,27,32). The Hall–Kier alpha value is -2.57. The van der Waals surface area contributed by atoms with Crippen molar-refractivity contribution in [2.24, 2.45) is 0 Å². The van der Waals surface area contributed by atoms with Crippen LogP contribution in [0.4, 0.5) is 4.79 Å². The third-order valence-electron chi connectivity index (χ3n) is 6.21. The van der Waals surface area contributed by atoms with E-state index in [1.54, 1.807) is 0 Å². The molecule has 0 bridgehead atoms. The van der Waals surface area contributed by atoms with Crippen molar-refractivity contribution in [3.63, 3.8) is 0 Å². The lowest BCUT2D eigenvalue weighted by Crippen LogP contribution is -2.41. The molecule has 6 nitrogen and oxygen atoms in total. The van der Waals surface area contributed by atoms with Gasteiger partial charge in [0.15, 0.2) is 0 Å². The Bertz CT molecular complexity index is 928. The highest BCUT2D eigenvalue weighted by atomic mass is 35.5. The van der Waals surface area contributed by atoms with Crippen molar-refractivity contribution in [3.05, 3.63) is 70.2 Å². The Morgan fingerprint density at radius 2 is 1.56 bits per heavy atom. The van der Waals surface area contributed by atoms with Crippen LogP contribution in [0.2, 0.25) is 5.02 Å². The molecule has 7 heteroatoms. The summed E-state index contributed by atoms with van der Waals surface area (Å²) in [6, 6.07) is 15.5. The minimum Gasteiger partial charge on any atom is -0.339 e. The Morgan fingerprint density at radius 1 is 0.812 bits per heavy atom. The van der Waals surface area contributed by atoms with Crippen LogP contribution < -0.4 is 5.32 Å². The van der Waals surface area contributed by atoms with Gasteiger partial charge in [-0.25, -0.2) is 4.79 Å². The van der Waals surface area contributed by atoms with Gasteiger partial charge in [0.25, 0.3) is 5.91 Å². The smallest absolute Gasteiger partial charge is 0.317 e. The summed E-state index contributed by atoms with van der Waals surface area (Å²) in [6.07, 6.45) is 3.10. The summed E-state index contributed by atoms with van der Waals surface area (Å²) in [5, 5.41) is 3.78. The molecule has 0 saturated carbocycles. The quantitative estimate of drug-likeness (QED) is 0.743. The Balaban J connectivity index is 1.26. The maximum atomic E-state index is 12.8. The highest BCUT2D eigenvalue weighted by Gasteiger charge is 2.21. The number of amides is 3. The van der Waals surface area contributed by atoms with Crippen LogP contribution >= 0.6 is 11.6 Å². The van der Waals surface area contributed by atoms with Crippen LogP contribution in [0.5, 0.6) is 0 Å². The van der Waals surface area contributed by atoms with E-state index in [9.17, 15) is 9.59 Å². The van der Waals surface area contributed by atoms with E-state index in [0.717, 1.165) is 69.1 Å². The first-order chi connectivity index (χ1) is 15.6. The number of rotatable bonds is 5. The molecule has 2 aromatic rings. The zero-order valence-electron chi connectivity index (χ0n) is 18.4. The second kappa shape index (κ2) is 10.8. The van der Waals surface area contributed by atoms with Gasteiger partial charge >= 0.3 is 6.03 Å². The van der Waals surface area contributed by atoms with Gasteiger partial charge in [0.2, 0.25) is 0 Å². The molecule has 0 spiro atoms. The normalized spacial score (nSPS) is 17.3. The number of carbonyl (C=O) groups excluding carboxylic acids is 2. The number of halogens is 1. The van der Waals surface area contributed by atoms with Gasteiger partial charge in [-0.3, -0.25) is 9.69 Å². The summed E-state index contributed by atoms with van der Waals surface area (Å²) in [5.74, 6) is 0.0870. The van der Waals surface area contributed by atoms with Gasteiger partial charge in [0, 0.05) is 62.9 Å². The Labute approximate surface area is 195 Å². The number of nitrogens with one attached hydrogen (secondary N) is 1. The van der Waals surface area contributed by atoms with Gasteiger partial charge in [0.05, 0.1) is 0 Å². The molecule has 0 atom stereocenters. The lowest BCUT2D eigenvalue weighted by Gasteiger charge is -2.22. The zero-order chi connectivity index (χ0) is 22.3. The summed E-state index contributed by atoms with van der Waals surface area (Å²) in [7, 11) is 0. The van der Waals surface area contributed by atoms with Crippen LogP contribution in [0.3, 0.4) is 0 Å². The van der Waals surface area contributed by atoms with E-state index >= 15 is 0 Å². The number of hydrogen-bond acceptors (Lipinski definition) is 3. The molecule has 170 valence electrons. The number of benzene rings is 2. The van der Waals surface area contributed by atoms with E-state index in [0.29, 0.717) is 18.7 Å². The van der Waals surface area contributed by atoms with Crippen LogP contribution in [0.25, 0.3) is 0 Å². The fraction of sp³-hybridized carbons (Fsp3) is 0.440. The van der Waals surface area contributed by atoms with Crippen molar-refractivity contribution >= 4 is 23.5 Å². The van der Waals surface area contributed by atoms with Gasteiger partial charge in [0.1, 0.15) is 0 Å². The van der Waals surface area contributed by atoms with E-state index in [4.69, 9.17) is 11.6 Å². The van der Waals surface area contributed by atoms with Crippen molar-refractivity contribution in [2.45, 2.75) is 32.4 Å². The highest BCUT2D eigenvalue weighted by Crippen LogP contribution is 2.15. The molecule has 0 radical (unpaired) electrons. The van der Waals surface area contributed by atoms with E-state index in [1.165, 1.54) is 5.56 Å². The molecule has 0 aromatic heterocycles. The molecule has 2 aromatic carbocycles. The van der Waals surface area contributed by atoms with Crippen LogP contribution in [-0.4, -0.2) is 65.9 Å². The number of likely N-dealkylation sites (tertiary alicyclic amines) is 1. The molecule has 2 saturated heterocycles. The van der Waals surface area contributed by atoms with Crippen LogP contribution in [0.15, 0.2) is 48.5 Å². The number of carbonyl (C=O) groups is 2. The largest absolute Gasteiger partial charge is 0.339 e. The van der Waals surface area contributed by atoms with E-state index in [2.05, 4.69) is 22.3 Å². The molecule has 2 heterocycles. The maximum Gasteiger partial charge on any atom is 0.317 e. The Kier molecular flexibility index (Phi) is 7.66. The van der Waals surface area contributed by atoms with Crippen LogP contribution in [0, 0.1) is 0 Å². The van der Waals surface area contributed by atoms with Crippen molar-refractivity contribution < 1.29 is 9.59 Å². The second-order valence-electron chi connectivity index (χ2n) is 8.60. The number of hydrogen-bond donors (Lipinski definition) is 1. The molecule has 3 amide bonds. The van der Waals surface area contributed by atoms with Gasteiger partial charge < -0.3 is 15.1 Å². The molecule has 2 aliphatic heterocycles. The molecular formula is C25H31ClN4O2. The second-order valence-corrected chi connectivity index (χ2v) is 9.04. The van der Waals surface area contributed by atoms with Crippen molar-refractivity contribution in [3.8, 4) is 0 Å². The summed E-state index contributed by atoms with van der Waals surface area (Å²) < 4.78 is 0. The van der Waals surface area contributed by atoms with Gasteiger partial charge in [-0.15, -0.1) is 0 Å². The first-order valence-electron chi connectivity index (χ1n) is 11.5. The third-order valence-corrected chi connectivity index (χ3v) is 6.46. The molecule has 1 N–H and O–H groups in total. The minimum absolute atomic E-state index is 0.0467. The monoisotopic (exact) mass is 454 g/mol. The molecular weight excluding hydrogens is 424 g/mol. The molecule has 4 rings (SSSR count). The summed E-state index contributed by atoms with van der Waals surface area (Å²) in [6.45, 7) is 6.22. The summed E-state index contributed by atoms with van der Waals surface area (Å²) >= 11 is 5.98. The first kappa shape index (κ1) is 22.6. The Morgan fingerprint density at radius 3 is 2.34 bits per heavy atom. The number of nitrogens with zero attached hydrogens (tertiary/aromatic N) is 3. The van der Waals surface area contributed by atoms with E-state index < -0.39 is 0 Å². The highest BCUT2D eigenvalue weighted by molar-refractivity contribution is 6.30. The molecule has 0 aliphatic carbocycles. The predicted molar refractivity (Wildman–Crippen MR) is 127 cm³/mol. The van der Waals surface area contributed by atoms with E-state index in [-0.39, 0.29) is 11.9 Å². The van der Waals surface area contributed by atoms with Crippen molar-refractivity contribution in [1.29, 1.82) is 0 Å². The fourth-order valence-electron chi connectivity index (χ4n) is 4.39. The SMILES string of the molecule is O=C(NCc1cccc(C(=O)N2CCCC2)c1)N1CCCN(Cc2ccc(Cl)cc2)CC1. The molecule has 32 heavy (non-hydrogen) atoms. The summed E-state index contributed by atoms with van der Waals surface area (Å²) in [5.41, 5.74) is 2.88. The van der Waals surface area contributed by atoms with E-state index in [1.807, 2.05) is 46.2 Å². The minimum atomic E-state index is -0.0467. The predicted octanol–water partition coefficient (Wildman–Crippen LogP) is 3.99. The lowest BCUT2D eigenvalue weighted by molar-refractivity contribution is 0.0792. The van der Waals surface area contributed by atoms with Crippen LogP contribution in [-0.2, 0) is 13.1 Å². The molecule has 2 fully saturated rings. The molecule has 2 aliphatic rings. The maximum absolute atomic E-state index is 12.8. The van der Waals surface area contributed by atoms with Crippen LogP contribution in [0.1, 0.15) is 40.7 Å². The zero-order valence-corrected chi connectivity index (χ0v) is 19.2. The average Bonchev–Trinajstić information content (AvgIpc) is 3.25. The van der Waals surface area contributed by atoms with Crippen molar-refractivity contribution in [2.75, 3.05) is 39.3 Å². The van der Waals surface area contributed by atoms with Gasteiger partial charge in [-0.2, -0.15) is 0 Å². The average molecular weight is 455 g/mol. The summed E-state index contributed by atoms with van der Waals surface area (Å²) in [4.78, 5) is 31.6. The fourth-order valence-corrected chi connectivity index (χ4v) is 4.51.